The van der Waals surface area contributed by atoms with Gasteiger partial charge < -0.3 is 10.1 Å². The number of hydrogen-bond donors (Lipinski definition) is 1. The summed E-state index contributed by atoms with van der Waals surface area (Å²) in [5.41, 5.74) is 2.77. The third-order valence-corrected chi connectivity index (χ3v) is 4.21. The molecule has 3 nitrogen and oxygen atoms in total. The van der Waals surface area contributed by atoms with Crippen LogP contribution in [0, 0.1) is 6.92 Å². The molecule has 0 spiro atoms. The van der Waals surface area contributed by atoms with Gasteiger partial charge in [0.1, 0.15) is 5.75 Å². The Balaban J connectivity index is 1.84. The minimum Gasteiger partial charge on any atom is -0.496 e. The summed E-state index contributed by atoms with van der Waals surface area (Å²) in [5.74, 6) is 0.698. The SMILES string of the molecule is COc1ccc(C)cc1[C@@H](C)NC(=O)c1ccc2ccccc2c1. The van der Waals surface area contributed by atoms with E-state index in [1.54, 1.807) is 7.11 Å². The second-order valence-electron chi connectivity index (χ2n) is 6.00. The lowest BCUT2D eigenvalue weighted by Crippen LogP contribution is -2.27. The molecule has 0 aliphatic rings. The predicted octanol–water partition coefficient (Wildman–Crippen LogP) is 4.65. The highest BCUT2D eigenvalue weighted by molar-refractivity contribution is 5.98. The van der Waals surface area contributed by atoms with Crippen LogP contribution in [-0.2, 0) is 0 Å². The zero-order chi connectivity index (χ0) is 17.1. The second kappa shape index (κ2) is 6.75. The first-order valence-corrected chi connectivity index (χ1v) is 8.02. The average molecular weight is 319 g/mol. The van der Waals surface area contributed by atoms with Gasteiger partial charge in [0.05, 0.1) is 13.2 Å². The Morgan fingerprint density at radius 2 is 1.75 bits per heavy atom. The molecule has 3 aromatic rings. The fourth-order valence-corrected chi connectivity index (χ4v) is 2.88. The van der Waals surface area contributed by atoms with Crippen LogP contribution in [0.25, 0.3) is 10.8 Å². The summed E-state index contributed by atoms with van der Waals surface area (Å²) < 4.78 is 5.42. The number of amides is 1. The van der Waals surface area contributed by atoms with Gasteiger partial charge in [0, 0.05) is 11.1 Å². The van der Waals surface area contributed by atoms with Crippen molar-refractivity contribution in [3.63, 3.8) is 0 Å². The highest BCUT2D eigenvalue weighted by atomic mass is 16.5. The van der Waals surface area contributed by atoms with Crippen LogP contribution >= 0.6 is 0 Å². The number of nitrogens with one attached hydrogen (secondary N) is 1. The molecule has 0 aliphatic carbocycles. The van der Waals surface area contributed by atoms with Crippen LogP contribution in [0.15, 0.2) is 60.7 Å². The molecule has 3 rings (SSSR count). The second-order valence-corrected chi connectivity index (χ2v) is 6.00. The molecular weight excluding hydrogens is 298 g/mol. The van der Waals surface area contributed by atoms with Crippen LogP contribution in [0.2, 0.25) is 0 Å². The Bertz CT molecular complexity index is 886. The van der Waals surface area contributed by atoms with E-state index < -0.39 is 0 Å². The zero-order valence-electron chi connectivity index (χ0n) is 14.2. The highest BCUT2D eigenvalue weighted by Crippen LogP contribution is 2.26. The van der Waals surface area contributed by atoms with Gasteiger partial charge in [-0.15, -0.1) is 0 Å². The maximum absolute atomic E-state index is 12.6. The van der Waals surface area contributed by atoms with Crippen molar-refractivity contribution in [3.05, 3.63) is 77.4 Å². The molecule has 0 saturated heterocycles. The van der Waals surface area contributed by atoms with Crippen molar-refractivity contribution in [1.82, 2.24) is 5.32 Å². The Morgan fingerprint density at radius 3 is 2.50 bits per heavy atom. The summed E-state index contributed by atoms with van der Waals surface area (Å²) in [6, 6.07) is 19.6. The number of ether oxygens (including phenoxy) is 1. The molecule has 122 valence electrons. The number of fused-ring (bicyclic) bond motifs is 1. The van der Waals surface area contributed by atoms with E-state index in [2.05, 4.69) is 5.32 Å². The van der Waals surface area contributed by atoms with Gasteiger partial charge in [-0.1, -0.05) is 48.0 Å². The van der Waals surface area contributed by atoms with Crippen molar-refractivity contribution in [2.45, 2.75) is 19.9 Å². The molecule has 24 heavy (non-hydrogen) atoms. The van der Waals surface area contributed by atoms with Crippen molar-refractivity contribution in [1.29, 1.82) is 0 Å². The van der Waals surface area contributed by atoms with Gasteiger partial charge in [-0.05, 0) is 42.8 Å². The van der Waals surface area contributed by atoms with Crippen LogP contribution in [0.3, 0.4) is 0 Å². The van der Waals surface area contributed by atoms with Gasteiger partial charge in [0.25, 0.3) is 5.91 Å². The number of carbonyl (C=O) groups excluding carboxylic acids is 1. The summed E-state index contributed by atoms with van der Waals surface area (Å²) in [4.78, 5) is 12.6. The quantitative estimate of drug-likeness (QED) is 0.760. The lowest BCUT2D eigenvalue weighted by atomic mass is 10.0. The van der Waals surface area contributed by atoms with Crippen LogP contribution in [0.1, 0.15) is 34.5 Å². The molecule has 3 aromatic carbocycles. The number of benzene rings is 3. The number of hydrogen-bond acceptors (Lipinski definition) is 2. The fourth-order valence-electron chi connectivity index (χ4n) is 2.88. The van der Waals surface area contributed by atoms with Gasteiger partial charge in [0.15, 0.2) is 0 Å². The largest absolute Gasteiger partial charge is 0.496 e. The molecular formula is C21H21NO2. The first-order valence-electron chi connectivity index (χ1n) is 8.02. The van der Waals surface area contributed by atoms with Crippen LogP contribution < -0.4 is 10.1 Å². The van der Waals surface area contributed by atoms with E-state index in [-0.39, 0.29) is 11.9 Å². The molecule has 0 unspecified atom stereocenters. The monoisotopic (exact) mass is 319 g/mol. The van der Waals surface area contributed by atoms with Gasteiger partial charge in [-0.3, -0.25) is 4.79 Å². The van der Waals surface area contributed by atoms with Crippen molar-refractivity contribution >= 4 is 16.7 Å². The first-order chi connectivity index (χ1) is 11.6. The molecule has 0 radical (unpaired) electrons. The summed E-state index contributed by atoms with van der Waals surface area (Å²) in [6.07, 6.45) is 0. The van der Waals surface area contributed by atoms with Crippen molar-refractivity contribution in [2.24, 2.45) is 0 Å². The van der Waals surface area contributed by atoms with Crippen LogP contribution in [0.5, 0.6) is 5.75 Å². The van der Waals surface area contributed by atoms with Crippen molar-refractivity contribution < 1.29 is 9.53 Å². The van der Waals surface area contributed by atoms with E-state index in [1.807, 2.05) is 74.5 Å². The van der Waals surface area contributed by atoms with E-state index in [1.165, 1.54) is 0 Å². The molecule has 0 fully saturated rings. The third-order valence-electron chi connectivity index (χ3n) is 4.21. The Labute approximate surface area is 142 Å². The van der Waals surface area contributed by atoms with Gasteiger partial charge in [-0.2, -0.15) is 0 Å². The van der Waals surface area contributed by atoms with Crippen molar-refractivity contribution in [2.75, 3.05) is 7.11 Å². The molecule has 0 saturated carbocycles. The molecule has 1 atom stereocenters. The lowest BCUT2D eigenvalue weighted by Gasteiger charge is -2.18. The fraction of sp³-hybridized carbons (Fsp3) is 0.190. The maximum atomic E-state index is 12.6. The third kappa shape index (κ3) is 3.25. The number of aryl methyl sites for hydroxylation is 1. The summed E-state index contributed by atoms with van der Waals surface area (Å²) in [6.45, 7) is 4.00. The number of carbonyl (C=O) groups is 1. The first kappa shape index (κ1) is 16.1. The van der Waals surface area contributed by atoms with Crippen LogP contribution in [-0.4, -0.2) is 13.0 Å². The molecule has 0 heterocycles. The highest BCUT2D eigenvalue weighted by Gasteiger charge is 2.15. The number of rotatable bonds is 4. The Kier molecular flexibility index (Phi) is 4.52. The normalized spacial score (nSPS) is 12.0. The minimum atomic E-state index is -0.140. The molecule has 1 amide bonds. The minimum absolute atomic E-state index is 0.0863. The molecule has 0 bridgehead atoms. The molecule has 0 aliphatic heterocycles. The van der Waals surface area contributed by atoms with E-state index in [0.29, 0.717) is 5.56 Å². The number of methoxy groups -OCH3 is 1. The Morgan fingerprint density at radius 1 is 1.00 bits per heavy atom. The molecule has 0 aromatic heterocycles. The standard InChI is InChI=1S/C21H21NO2/c1-14-8-11-20(24-3)19(12-14)15(2)22-21(23)18-10-9-16-6-4-5-7-17(16)13-18/h4-13,15H,1-3H3,(H,22,23)/t15-/m1/s1. The molecule has 1 N–H and O–H groups in total. The predicted molar refractivity (Wildman–Crippen MR) is 97.6 cm³/mol. The molecule has 3 heteroatoms. The smallest absolute Gasteiger partial charge is 0.251 e. The lowest BCUT2D eigenvalue weighted by molar-refractivity contribution is 0.0939. The van der Waals surface area contributed by atoms with E-state index in [0.717, 1.165) is 27.6 Å². The van der Waals surface area contributed by atoms with E-state index >= 15 is 0 Å². The van der Waals surface area contributed by atoms with Gasteiger partial charge in [0.2, 0.25) is 0 Å². The van der Waals surface area contributed by atoms with E-state index in [9.17, 15) is 4.79 Å². The van der Waals surface area contributed by atoms with Crippen molar-refractivity contribution in [3.8, 4) is 5.75 Å². The topological polar surface area (TPSA) is 38.3 Å². The van der Waals surface area contributed by atoms with Gasteiger partial charge >= 0.3 is 0 Å². The summed E-state index contributed by atoms with van der Waals surface area (Å²) in [7, 11) is 1.64. The zero-order valence-corrected chi connectivity index (χ0v) is 14.2. The summed E-state index contributed by atoms with van der Waals surface area (Å²) in [5, 5.41) is 5.25. The summed E-state index contributed by atoms with van der Waals surface area (Å²) >= 11 is 0. The van der Waals surface area contributed by atoms with Crippen LogP contribution in [0.4, 0.5) is 0 Å². The average Bonchev–Trinajstić information content (AvgIpc) is 2.61. The van der Waals surface area contributed by atoms with Gasteiger partial charge in [-0.25, -0.2) is 0 Å². The van der Waals surface area contributed by atoms with E-state index in [4.69, 9.17) is 4.74 Å². The maximum Gasteiger partial charge on any atom is 0.251 e. The Hall–Kier alpha value is -2.81.